The summed E-state index contributed by atoms with van der Waals surface area (Å²) in [6, 6.07) is 15.8. The number of methoxy groups -OCH3 is 1. The van der Waals surface area contributed by atoms with Gasteiger partial charge in [-0.3, -0.25) is 9.59 Å². The highest BCUT2D eigenvalue weighted by Crippen LogP contribution is 2.26. The topological polar surface area (TPSA) is 89.4 Å². The number of hydrogen-bond donors (Lipinski definition) is 1. The van der Waals surface area contributed by atoms with Gasteiger partial charge in [0.05, 0.1) is 18.7 Å². The minimum Gasteiger partial charge on any atom is -0.383 e. The Morgan fingerprint density at radius 2 is 1.94 bits per heavy atom. The highest BCUT2D eigenvalue weighted by Gasteiger charge is 2.32. The Hall–Kier alpha value is -3.63. The first-order valence-corrected chi connectivity index (χ1v) is 11.6. The number of fused-ring (bicyclic) bond motifs is 1. The summed E-state index contributed by atoms with van der Waals surface area (Å²) in [5, 5.41) is 13.0. The second-order valence-corrected chi connectivity index (χ2v) is 8.61. The second kappa shape index (κ2) is 11.0. The maximum atomic E-state index is 13.7. The number of thiophene rings is 1. The number of nitrogens with zero attached hydrogens (tertiary/aromatic N) is 4. The van der Waals surface area contributed by atoms with Gasteiger partial charge in [-0.15, -0.1) is 16.4 Å². The van der Waals surface area contributed by atoms with Gasteiger partial charge in [0.25, 0.3) is 0 Å². The fraction of sp³-hybridized carbons (Fsp3) is 0.250. The lowest BCUT2D eigenvalue weighted by atomic mass is 10.0. The van der Waals surface area contributed by atoms with E-state index < -0.39 is 11.9 Å². The van der Waals surface area contributed by atoms with E-state index in [1.165, 1.54) is 45.2 Å². The number of halogens is 1. The SMILES string of the molecule is COCCNC(=O)[C@H](c1ccc(F)cc1)N(Cc1cccs1)C(=O)Cn1nnc2ccccc21. The summed E-state index contributed by atoms with van der Waals surface area (Å²) in [5.74, 6) is -1.12. The largest absolute Gasteiger partial charge is 0.383 e. The van der Waals surface area contributed by atoms with E-state index in [0.29, 0.717) is 17.7 Å². The number of carbonyl (C=O) groups excluding carboxylic acids is 2. The molecule has 176 valence electrons. The van der Waals surface area contributed by atoms with Crippen LogP contribution in [0.4, 0.5) is 4.39 Å². The summed E-state index contributed by atoms with van der Waals surface area (Å²) in [7, 11) is 1.54. The molecule has 1 atom stereocenters. The lowest BCUT2D eigenvalue weighted by Gasteiger charge is -2.31. The molecule has 0 aliphatic carbocycles. The fourth-order valence-corrected chi connectivity index (χ4v) is 4.34. The first-order chi connectivity index (χ1) is 16.6. The smallest absolute Gasteiger partial charge is 0.247 e. The number of rotatable bonds is 10. The maximum absolute atomic E-state index is 13.7. The number of ether oxygens (including phenoxy) is 1. The quantitative estimate of drug-likeness (QED) is 0.352. The maximum Gasteiger partial charge on any atom is 0.247 e. The van der Waals surface area contributed by atoms with Crippen LogP contribution >= 0.6 is 11.3 Å². The normalized spacial score (nSPS) is 11.9. The average Bonchev–Trinajstić information content (AvgIpc) is 3.50. The Morgan fingerprint density at radius 3 is 2.68 bits per heavy atom. The van der Waals surface area contributed by atoms with Crippen LogP contribution in [0.5, 0.6) is 0 Å². The van der Waals surface area contributed by atoms with Crippen molar-refractivity contribution < 1.29 is 18.7 Å². The zero-order valence-electron chi connectivity index (χ0n) is 18.6. The van der Waals surface area contributed by atoms with Crippen LogP contribution in [-0.4, -0.2) is 52.0 Å². The minimum absolute atomic E-state index is 0.102. The Morgan fingerprint density at radius 1 is 1.15 bits per heavy atom. The van der Waals surface area contributed by atoms with Gasteiger partial charge in [0, 0.05) is 18.5 Å². The van der Waals surface area contributed by atoms with Crippen molar-refractivity contribution >= 4 is 34.2 Å². The van der Waals surface area contributed by atoms with Crippen molar-refractivity contribution in [2.24, 2.45) is 0 Å². The van der Waals surface area contributed by atoms with E-state index in [1.807, 2.05) is 41.8 Å². The minimum atomic E-state index is -0.971. The molecule has 0 fully saturated rings. The number of amides is 2. The predicted octanol–water partition coefficient (Wildman–Crippen LogP) is 3.16. The van der Waals surface area contributed by atoms with Crippen LogP contribution in [-0.2, 0) is 27.4 Å². The zero-order valence-corrected chi connectivity index (χ0v) is 19.4. The molecule has 0 radical (unpaired) electrons. The molecule has 34 heavy (non-hydrogen) atoms. The summed E-state index contributed by atoms with van der Waals surface area (Å²) in [4.78, 5) is 29.4. The van der Waals surface area contributed by atoms with E-state index in [1.54, 1.807) is 7.11 Å². The van der Waals surface area contributed by atoms with Gasteiger partial charge in [0.1, 0.15) is 23.9 Å². The van der Waals surface area contributed by atoms with Crippen LogP contribution in [0, 0.1) is 5.82 Å². The van der Waals surface area contributed by atoms with Gasteiger partial charge < -0.3 is 15.0 Å². The highest BCUT2D eigenvalue weighted by atomic mass is 32.1. The molecule has 0 unspecified atom stereocenters. The molecular weight excluding hydrogens is 457 g/mol. The molecule has 2 aromatic heterocycles. The second-order valence-electron chi connectivity index (χ2n) is 7.57. The summed E-state index contributed by atoms with van der Waals surface area (Å²) < 4.78 is 20.2. The van der Waals surface area contributed by atoms with E-state index in [9.17, 15) is 14.0 Å². The third kappa shape index (κ3) is 5.46. The van der Waals surface area contributed by atoms with E-state index in [0.717, 1.165) is 10.4 Å². The lowest BCUT2D eigenvalue weighted by Crippen LogP contribution is -2.45. The molecule has 4 rings (SSSR count). The van der Waals surface area contributed by atoms with Gasteiger partial charge in [-0.25, -0.2) is 9.07 Å². The van der Waals surface area contributed by atoms with Crippen LogP contribution in [0.2, 0.25) is 0 Å². The van der Waals surface area contributed by atoms with Gasteiger partial charge >= 0.3 is 0 Å². The van der Waals surface area contributed by atoms with Crippen LogP contribution in [0.1, 0.15) is 16.5 Å². The summed E-state index contributed by atoms with van der Waals surface area (Å²) >= 11 is 1.49. The average molecular weight is 482 g/mol. The predicted molar refractivity (Wildman–Crippen MR) is 126 cm³/mol. The van der Waals surface area contributed by atoms with Gasteiger partial charge in [-0.2, -0.15) is 0 Å². The van der Waals surface area contributed by atoms with Gasteiger partial charge in [0.2, 0.25) is 11.8 Å². The van der Waals surface area contributed by atoms with Crippen LogP contribution in [0.15, 0.2) is 66.0 Å². The zero-order chi connectivity index (χ0) is 23.9. The number of benzene rings is 2. The van der Waals surface area contributed by atoms with E-state index >= 15 is 0 Å². The van der Waals surface area contributed by atoms with Crippen molar-refractivity contribution in [3.05, 3.63) is 82.3 Å². The third-order valence-electron chi connectivity index (χ3n) is 5.28. The molecule has 4 aromatic rings. The standard InChI is InChI=1S/C24H24FN5O3S/c1-33-13-12-26-24(32)23(17-8-10-18(25)11-9-17)29(15-19-5-4-14-34-19)22(31)16-30-21-7-3-2-6-20(21)27-28-30/h2-11,14,23H,12-13,15-16H2,1H3,(H,26,32)/t23-/m0/s1. The highest BCUT2D eigenvalue weighted by molar-refractivity contribution is 7.09. The number of hydrogen-bond acceptors (Lipinski definition) is 6. The molecule has 0 spiro atoms. The van der Waals surface area contributed by atoms with E-state index in [2.05, 4.69) is 15.6 Å². The van der Waals surface area contributed by atoms with Crippen molar-refractivity contribution in [1.29, 1.82) is 0 Å². The Balaban J connectivity index is 1.69. The van der Waals surface area contributed by atoms with Crippen LogP contribution in [0.3, 0.4) is 0 Å². The number of aromatic nitrogens is 3. The van der Waals surface area contributed by atoms with Gasteiger partial charge in [-0.1, -0.05) is 35.5 Å². The van der Waals surface area contributed by atoms with Crippen LogP contribution < -0.4 is 5.32 Å². The van der Waals surface area contributed by atoms with Crippen molar-refractivity contribution in [3.63, 3.8) is 0 Å². The summed E-state index contributed by atoms with van der Waals surface area (Å²) in [6.45, 7) is 0.714. The summed E-state index contributed by atoms with van der Waals surface area (Å²) in [6.07, 6.45) is 0. The van der Waals surface area contributed by atoms with Gasteiger partial charge in [-0.05, 0) is 41.3 Å². The molecule has 2 heterocycles. The molecule has 0 saturated heterocycles. The summed E-state index contributed by atoms with van der Waals surface area (Å²) in [5.41, 5.74) is 1.90. The van der Waals surface area contributed by atoms with Crippen molar-refractivity contribution in [2.45, 2.75) is 19.1 Å². The van der Waals surface area contributed by atoms with Crippen molar-refractivity contribution in [3.8, 4) is 0 Å². The Labute approximate surface area is 199 Å². The molecule has 1 N–H and O–H groups in total. The van der Waals surface area contributed by atoms with Crippen LogP contribution in [0.25, 0.3) is 11.0 Å². The third-order valence-corrected chi connectivity index (χ3v) is 6.14. The van der Waals surface area contributed by atoms with E-state index in [-0.39, 0.29) is 31.4 Å². The Kier molecular flexibility index (Phi) is 7.61. The monoisotopic (exact) mass is 481 g/mol. The molecule has 8 nitrogen and oxygen atoms in total. The molecular formula is C24H24FN5O3S. The first kappa shape index (κ1) is 23.5. The molecule has 0 bridgehead atoms. The van der Waals surface area contributed by atoms with Gasteiger partial charge in [0.15, 0.2) is 0 Å². The van der Waals surface area contributed by atoms with Crippen molar-refractivity contribution in [2.75, 3.05) is 20.3 Å². The van der Waals surface area contributed by atoms with E-state index in [4.69, 9.17) is 4.74 Å². The first-order valence-electron chi connectivity index (χ1n) is 10.7. The Bertz CT molecular complexity index is 1240. The fourth-order valence-electron chi connectivity index (χ4n) is 3.64. The molecule has 2 aromatic carbocycles. The molecule has 0 aliphatic heterocycles. The number of para-hydroxylation sites is 1. The number of carbonyl (C=O) groups is 2. The lowest BCUT2D eigenvalue weighted by molar-refractivity contribution is -0.142. The molecule has 0 saturated carbocycles. The number of nitrogens with one attached hydrogen (secondary N) is 1. The molecule has 0 aliphatic rings. The molecule has 10 heteroatoms. The molecule has 2 amide bonds. The van der Waals surface area contributed by atoms with Crippen molar-refractivity contribution in [1.82, 2.24) is 25.2 Å².